The zero-order chi connectivity index (χ0) is 13.0. The van der Waals surface area contributed by atoms with Crippen molar-refractivity contribution in [3.63, 3.8) is 0 Å². The number of rotatable bonds is 2. The number of carbonyl (C=O) groups excluding carboxylic acids is 1. The third kappa shape index (κ3) is 1.30. The number of aliphatic carboxylic acids is 1. The third-order valence-electron chi connectivity index (χ3n) is 4.26. The van der Waals surface area contributed by atoms with Crippen LogP contribution in [-0.2, 0) is 9.59 Å². The minimum Gasteiger partial charge on any atom is -0.477 e. The lowest BCUT2D eigenvalue weighted by Gasteiger charge is -2.47. The highest BCUT2D eigenvalue weighted by molar-refractivity contribution is 6.00. The number of piperidine rings is 1. The fourth-order valence-corrected chi connectivity index (χ4v) is 3.53. The van der Waals surface area contributed by atoms with Crippen molar-refractivity contribution in [3.05, 3.63) is 11.3 Å². The monoisotopic (exact) mass is 252 g/mol. The number of β-lactam (4-membered cyclic amide) rings is 1. The molecule has 0 aromatic heterocycles. The Bertz CT molecular complexity index is 457. The number of carbonyl (C=O) groups is 2. The van der Waals surface area contributed by atoms with Crippen molar-refractivity contribution < 1.29 is 19.8 Å². The van der Waals surface area contributed by atoms with Gasteiger partial charge in [-0.15, -0.1) is 0 Å². The molecule has 0 aromatic rings. The maximum absolute atomic E-state index is 12.0. The van der Waals surface area contributed by atoms with E-state index in [1.807, 2.05) is 0 Å². The van der Waals surface area contributed by atoms with Gasteiger partial charge in [-0.25, -0.2) is 4.79 Å². The predicted octanol–water partition coefficient (Wildman–Crippen LogP) is -0.844. The molecule has 0 spiro atoms. The quantitative estimate of drug-likeness (QED) is 0.557. The van der Waals surface area contributed by atoms with Gasteiger partial charge >= 0.3 is 5.97 Å². The Morgan fingerprint density at radius 3 is 2.89 bits per heavy atom. The summed E-state index contributed by atoms with van der Waals surface area (Å²) in [5.41, 5.74) is 0.953. The van der Waals surface area contributed by atoms with Crippen molar-refractivity contribution in [2.24, 2.45) is 11.8 Å². The van der Waals surface area contributed by atoms with Gasteiger partial charge in [-0.1, -0.05) is 0 Å². The number of hydrogen-bond donors (Lipinski definition) is 3. The Labute approximate surface area is 104 Å². The molecule has 0 aliphatic carbocycles. The Hall–Kier alpha value is -1.40. The van der Waals surface area contributed by atoms with Gasteiger partial charge in [0.2, 0.25) is 5.91 Å². The summed E-state index contributed by atoms with van der Waals surface area (Å²) in [4.78, 5) is 24.7. The number of aliphatic hydroxyl groups excluding tert-OH is 1. The lowest BCUT2D eigenvalue weighted by Crippen LogP contribution is -2.64. The van der Waals surface area contributed by atoms with Crippen LogP contribution in [0, 0.1) is 11.8 Å². The van der Waals surface area contributed by atoms with E-state index in [1.54, 1.807) is 6.92 Å². The van der Waals surface area contributed by atoms with Gasteiger partial charge in [0.1, 0.15) is 5.70 Å². The van der Waals surface area contributed by atoms with Crippen LogP contribution in [0.1, 0.15) is 13.3 Å². The normalized spacial score (nSPS) is 36.0. The molecule has 0 bridgehead atoms. The molecule has 2 fully saturated rings. The van der Waals surface area contributed by atoms with E-state index in [4.69, 9.17) is 0 Å². The van der Waals surface area contributed by atoms with Crippen molar-refractivity contribution in [1.29, 1.82) is 0 Å². The molecule has 3 aliphatic heterocycles. The van der Waals surface area contributed by atoms with Crippen molar-refractivity contribution >= 4 is 11.9 Å². The summed E-state index contributed by atoms with van der Waals surface area (Å²) in [5, 5.41) is 22.1. The Balaban J connectivity index is 2.00. The summed E-state index contributed by atoms with van der Waals surface area (Å²) in [6.07, 6.45) is 0.104. The van der Waals surface area contributed by atoms with Gasteiger partial charge in [0, 0.05) is 12.5 Å². The Morgan fingerprint density at radius 2 is 2.28 bits per heavy atom. The van der Waals surface area contributed by atoms with E-state index in [2.05, 4.69) is 5.32 Å². The summed E-state index contributed by atoms with van der Waals surface area (Å²) >= 11 is 0. The first-order chi connectivity index (χ1) is 8.54. The first-order valence-corrected chi connectivity index (χ1v) is 6.22. The minimum absolute atomic E-state index is 0.0923. The van der Waals surface area contributed by atoms with Gasteiger partial charge < -0.3 is 20.4 Å². The molecular weight excluding hydrogens is 236 g/mol. The summed E-state index contributed by atoms with van der Waals surface area (Å²) in [5.74, 6) is -1.65. The number of fused-ring (bicyclic) bond motifs is 3. The van der Waals surface area contributed by atoms with E-state index in [9.17, 15) is 19.8 Å². The van der Waals surface area contributed by atoms with Crippen LogP contribution in [0.15, 0.2) is 11.3 Å². The molecule has 0 radical (unpaired) electrons. The van der Waals surface area contributed by atoms with Crippen molar-refractivity contribution in [2.45, 2.75) is 25.5 Å². The summed E-state index contributed by atoms with van der Waals surface area (Å²) in [7, 11) is 0. The molecule has 3 N–H and O–H groups in total. The average Bonchev–Trinajstić information content (AvgIpc) is 2.60. The van der Waals surface area contributed by atoms with E-state index in [-0.39, 0.29) is 23.6 Å². The molecule has 2 saturated heterocycles. The number of carboxylic acid groups (broad SMARTS) is 1. The van der Waals surface area contributed by atoms with Crippen LogP contribution in [0.3, 0.4) is 0 Å². The van der Waals surface area contributed by atoms with Gasteiger partial charge in [-0.05, 0) is 25.5 Å². The van der Waals surface area contributed by atoms with Crippen LogP contribution < -0.4 is 5.32 Å². The fraction of sp³-hybridized carbons (Fsp3) is 0.667. The van der Waals surface area contributed by atoms with Crippen LogP contribution >= 0.6 is 0 Å². The Morgan fingerprint density at radius 1 is 1.56 bits per heavy atom. The second kappa shape index (κ2) is 3.80. The average molecular weight is 252 g/mol. The SMILES string of the molecule is C[C@@H](O)[C@H]1C(=O)N2C(C(=O)O)=C3CNCC[C@@H]3[C@H]12. The molecule has 0 aromatic carbocycles. The molecule has 6 heteroatoms. The molecule has 4 atom stereocenters. The molecule has 98 valence electrons. The molecule has 3 rings (SSSR count). The minimum atomic E-state index is -1.04. The molecule has 0 saturated carbocycles. The number of hydrogen-bond acceptors (Lipinski definition) is 4. The van der Waals surface area contributed by atoms with Gasteiger partial charge in [-0.2, -0.15) is 0 Å². The molecule has 0 unspecified atom stereocenters. The summed E-state index contributed by atoms with van der Waals surface area (Å²) in [6.45, 7) is 2.95. The van der Waals surface area contributed by atoms with Crippen molar-refractivity contribution in [2.75, 3.05) is 13.1 Å². The largest absolute Gasteiger partial charge is 0.477 e. The number of nitrogens with one attached hydrogen (secondary N) is 1. The topological polar surface area (TPSA) is 89.9 Å². The molecule has 3 heterocycles. The van der Waals surface area contributed by atoms with Gasteiger partial charge in [-0.3, -0.25) is 4.79 Å². The zero-order valence-corrected chi connectivity index (χ0v) is 10.1. The predicted molar refractivity (Wildman–Crippen MR) is 61.4 cm³/mol. The molecule has 3 aliphatic rings. The molecule has 1 amide bonds. The maximum atomic E-state index is 12.0. The number of carboxylic acids is 1. The third-order valence-corrected chi connectivity index (χ3v) is 4.26. The molecule has 6 nitrogen and oxygen atoms in total. The second-order valence-electron chi connectivity index (χ2n) is 5.22. The van der Waals surface area contributed by atoms with E-state index in [0.29, 0.717) is 6.54 Å². The molecule has 18 heavy (non-hydrogen) atoms. The smallest absolute Gasteiger partial charge is 0.352 e. The van der Waals surface area contributed by atoms with Crippen LogP contribution in [0.4, 0.5) is 0 Å². The van der Waals surface area contributed by atoms with E-state index in [0.717, 1.165) is 18.5 Å². The number of nitrogens with zero attached hydrogens (tertiary/aromatic N) is 1. The van der Waals surface area contributed by atoms with Crippen LogP contribution in [0.5, 0.6) is 0 Å². The van der Waals surface area contributed by atoms with Gasteiger partial charge in [0.15, 0.2) is 0 Å². The van der Waals surface area contributed by atoms with Gasteiger partial charge in [0.25, 0.3) is 0 Å². The first-order valence-electron chi connectivity index (χ1n) is 6.22. The Kier molecular flexibility index (Phi) is 2.46. The fourth-order valence-electron chi connectivity index (χ4n) is 3.53. The van der Waals surface area contributed by atoms with Gasteiger partial charge in [0.05, 0.1) is 18.1 Å². The second-order valence-corrected chi connectivity index (χ2v) is 5.22. The highest BCUT2D eigenvalue weighted by Crippen LogP contribution is 2.48. The van der Waals surface area contributed by atoms with E-state index < -0.39 is 18.0 Å². The van der Waals surface area contributed by atoms with Crippen LogP contribution in [0.25, 0.3) is 0 Å². The lowest BCUT2D eigenvalue weighted by atomic mass is 9.75. The van der Waals surface area contributed by atoms with Crippen molar-refractivity contribution in [3.8, 4) is 0 Å². The number of aliphatic hydroxyl groups is 1. The first kappa shape index (κ1) is 11.7. The van der Waals surface area contributed by atoms with E-state index >= 15 is 0 Å². The van der Waals surface area contributed by atoms with Crippen molar-refractivity contribution in [1.82, 2.24) is 10.2 Å². The molecular formula is C12H16N2O4. The zero-order valence-electron chi connectivity index (χ0n) is 10.1. The van der Waals surface area contributed by atoms with E-state index in [1.165, 1.54) is 4.90 Å². The van der Waals surface area contributed by atoms with Crippen LogP contribution in [0.2, 0.25) is 0 Å². The lowest BCUT2D eigenvalue weighted by molar-refractivity contribution is -0.163. The maximum Gasteiger partial charge on any atom is 0.352 e. The standard InChI is InChI=1S/C12H16N2O4/c1-5(15)8-9-6-2-3-13-4-7(6)10(12(17)18)14(9)11(8)16/h5-6,8-9,13,15H,2-4H2,1H3,(H,17,18)/t5-,6+,8-,9-/m1/s1. The summed E-state index contributed by atoms with van der Waals surface area (Å²) in [6, 6.07) is -0.152. The summed E-state index contributed by atoms with van der Waals surface area (Å²) < 4.78 is 0. The highest BCUT2D eigenvalue weighted by atomic mass is 16.4. The highest BCUT2D eigenvalue weighted by Gasteiger charge is 2.60. The number of amides is 1. The van der Waals surface area contributed by atoms with Crippen LogP contribution in [-0.4, -0.2) is 52.2 Å².